The Kier molecular flexibility index (Phi) is 8.94. The number of thioether (sulfide) groups is 1. The number of nitrogens with zero attached hydrogens (tertiary/aromatic N) is 2. The third-order valence-corrected chi connectivity index (χ3v) is 8.26. The van der Waals surface area contributed by atoms with Gasteiger partial charge in [0.2, 0.25) is 0 Å². The van der Waals surface area contributed by atoms with Gasteiger partial charge in [0, 0.05) is 7.05 Å². The highest BCUT2D eigenvalue weighted by Crippen LogP contribution is 2.38. The normalized spacial score (nSPS) is 15.1. The average Bonchev–Trinajstić information content (AvgIpc) is 3.24. The standard InChI is InChI=1S/C32H27IN2O5S/c1-4-39-27-17-20(16-26(33)29(27)40-19-23-10-7-9-21-8-5-6-11-25(21)23)18-28-30(36)35(2)32(41-28)34-24-14-12-22(13-15-24)31(37)38-3/h5-18H,4,19H2,1-3H3/b28-18-,34-32?. The summed E-state index contributed by atoms with van der Waals surface area (Å²) < 4.78 is 17.9. The number of rotatable bonds is 8. The summed E-state index contributed by atoms with van der Waals surface area (Å²) in [7, 11) is 3.03. The summed E-state index contributed by atoms with van der Waals surface area (Å²) >= 11 is 3.53. The van der Waals surface area contributed by atoms with Crippen LogP contribution >= 0.6 is 34.4 Å². The Bertz CT molecular complexity index is 1680. The van der Waals surface area contributed by atoms with E-state index in [0.29, 0.717) is 46.0 Å². The van der Waals surface area contributed by atoms with Crippen LogP contribution < -0.4 is 9.47 Å². The lowest BCUT2D eigenvalue weighted by atomic mass is 10.1. The molecule has 1 amide bonds. The van der Waals surface area contributed by atoms with Crippen LogP contribution in [0.5, 0.6) is 11.5 Å². The van der Waals surface area contributed by atoms with Gasteiger partial charge in [0.25, 0.3) is 5.91 Å². The smallest absolute Gasteiger partial charge is 0.337 e. The summed E-state index contributed by atoms with van der Waals surface area (Å²) in [6.45, 7) is 2.80. The second kappa shape index (κ2) is 12.8. The fraction of sp³-hybridized carbons (Fsp3) is 0.156. The van der Waals surface area contributed by atoms with Crippen molar-refractivity contribution < 1.29 is 23.8 Å². The van der Waals surface area contributed by atoms with E-state index in [-0.39, 0.29) is 5.91 Å². The molecule has 0 saturated carbocycles. The number of likely N-dealkylation sites (N-methyl/N-ethyl adjacent to an activating group) is 1. The quantitative estimate of drug-likeness (QED) is 0.110. The molecule has 41 heavy (non-hydrogen) atoms. The Morgan fingerprint density at radius 2 is 1.78 bits per heavy atom. The molecule has 0 bridgehead atoms. The van der Waals surface area contributed by atoms with Crippen LogP contribution in [0.1, 0.15) is 28.4 Å². The van der Waals surface area contributed by atoms with Crippen LogP contribution in [-0.2, 0) is 16.1 Å². The molecule has 0 atom stereocenters. The van der Waals surface area contributed by atoms with E-state index in [1.54, 1.807) is 31.3 Å². The number of aliphatic imine (C=N–C) groups is 1. The molecule has 1 aliphatic heterocycles. The second-order valence-corrected chi connectivity index (χ2v) is 11.3. The van der Waals surface area contributed by atoms with Gasteiger partial charge in [-0.25, -0.2) is 9.79 Å². The van der Waals surface area contributed by atoms with E-state index < -0.39 is 5.97 Å². The van der Waals surface area contributed by atoms with Crippen LogP contribution in [0.25, 0.3) is 16.8 Å². The third-order valence-electron chi connectivity index (χ3n) is 6.40. The van der Waals surface area contributed by atoms with E-state index in [1.807, 2.05) is 43.3 Å². The molecule has 208 valence electrons. The first kappa shape index (κ1) is 28.7. The van der Waals surface area contributed by atoms with Crippen molar-refractivity contribution in [2.24, 2.45) is 4.99 Å². The van der Waals surface area contributed by atoms with Gasteiger partial charge in [0.1, 0.15) is 6.61 Å². The van der Waals surface area contributed by atoms with E-state index in [2.05, 4.69) is 51.8 Å². The Labute approximate surface area is 256 Å². The van der Waals surface area contributed by atoms with Gasteiger partial charge in [-0.05, 0) is 106 Å². The number of halogens is 1. The summed E-state index contributed by atoms with van der Waals surface area (Å²) in [5, 5.41) is 2.86. The van der Waals surface area contributed by atoms with Gasteiger partial charge in [-0.2, -0.15) is 0 Å². The molecule has 1 saturated heterocycles. The van der Waals surface area contributed by atoms with Crippen molar-refractivity contribution in [1.29, 1.82) is 0 Å². The Hall–Kier alpha value is -3.83. The zero-order chi connectivity index (χ0) is 28.9. The number of hydrogen-bond acceptors (Lipinski definition) is 7. The van der Waals surface area contributed by atoms with Crippen LogP contribution in [-0.4, -0.2) is 42.7 Å². The molecule has 0 spiro atoms. The van der Waals surface area contributed by atoms with Gasteiger partial charge in [-0.1, -0.05) is 42.5 Å². The summed E-state index contributed by atoms with van der Waals surface area (Å²) in [5.41, 5.74) is 2.98. The van der Waals surface area contributed by atoms with Crippen LogP contribution in [0.4, 0.5) is 5.69 Å². The van der Waals surface area contributed by atoms with Crippen molar-refractivity contribution in [3.05, 3.63) is 104 Å². The van der Waals surface area contributed by atoms with Crippen molar-refractivity contribution in [2.45, 2.75) is 13.5 Å². The molecular formula is C32H27IN2O5S. The lowest BCUT2D eigenvalue weighted by molar-refractivity contribution is -0.121. The molecule has 0 aliphatic carbocycles. The first-order valence-electron chi connectivity index (χ1n) is 12.9. The topological polar surface area (TPSA) is 77.4 Å². The van der Waals surface area contributed by atoms with E-state index in [9.17, 15) is 9.59 Å². The maximum absolute atomic E-state index is 13.1. The highest BCUT2D eigenvalue weighted by Gasteiger charge is 2.30. The highest BCUT2D eigenvalue weighted by atomic mass is 127. The Morgan fingerprint density at radius 1 is 1.02 bits per heavy atom. The maximum Gasteiger partial charge on any atom is 0.337 e. The van der Waals surface area contributed by atoms with Crippen molar-refractivity contribution in [3.63, 3.8) is 0 Å². The van der Waals surface area contributed by atoms with Gasteiger partial charge < -0.3 is 14.2 Å². The maximum atomic E-state index is 13.1. The van der Waals surface area contributed by atoms with Gasteiger partial charge in [-0.15, -0.1) is 0 Å². The molecule has 1 fully saturated rings. The van der Waals surface area contributed by atoms with E-state index in [1.165, 1.54) is 29.2 Å². The lowest BCUT2D eigenvalue weighted by Crippen LogP contribution is -2.23. The molecule has 1 aliphatic rings. The van der Waals surface area contributed by atoms with E-state index in [0.717, 1.165) is 20.1 Å². The average molecular weight is 679 g/mol. The van der Waals surface area contributed by atoms with E-state index >= 15 is 0 Å². The van der Waals surface area contributed by atoms with Crippen LogP contribution in [0.3, 0.4) is 0 Å². The number of carbonyl (C=O) groups is 2. The molecule has 9 heteroatoms. The molecule has 7 nitrogen and oxygen atoms in total. The number of hydrogen-bond donors (Lipinski definition) is 0. The highest BCUT2D eigenvalue weighted by molar-refractivity contribution is 14.1. The fourth-order valence-electron chi connectivity index (χ4n) is 4.35. The zero-order valence-electron chi connectivity index (χ0n) is 22.7. The van der Waals surface area contributed by atoms with Gasteiger partial charge in [-0.3, -0.25) is 9.69 Å². The monoisotopic (exact) mass is 678 g/mol. The van der Waals surface area contributed by atoms with Gasteiger partial charge >= 0.3 is 5.97 Å². The minimum atomic E-state index is -0.414. The van der Waals surface area contributed by atoms with Gasteiger partial charge in [0.15, 0.2) is 16.7 Å². The first-order valence-corrected chi connectivity index (χ1v) is 14.8. The predicted octanol–water partition coefficient (Wildman–Crippen LogP) is 7.44. The summed E-state index contributed by atoms with van der Waals surface area (Å²) in [5.74, 6) is 0.727. The molecule has 0 radical (unpaired) electrons. The number of carbonyl (C=O) groups excluding carboxylic acids is 2. The number of amidine groups is 1. The SMILES string of the molecule is CCOc1cc(/C=C2\SC(=Nc3ccc(C(=O)OC)cc3)N(C)C2=O)cc(I)c1OCc1cccc2ccccc12. The van der Waals surface area contributed by atoms with Crippen molar-refractivity contribution >= 4 is 73.9 Å². The largest absolute Gasteiger partial charge is 0.490 e. The van der Waals surface area contributed by atoms with E-state index in [4.69, 9.17) is 14.2 Å². The van der Waals surface area contributed by atoms with Crippen LogP contribution in [0, 0.1) is 3.57 Å². The zero-order valence-corrected chi connectivity index (χ0v) is 25.7. The first-order chi connectivity index (χ1) is 19.9. The third kappa shape index (κ3) is 6.41. The molecule has 5 rings (SSSR count). The van der Waals surface area contributed by atoms with Crippen LogP contribution in [0.15, 0.2) is 88.8 Å². The predicted molar refractivity (Wildman–Crippen MR) is 172 cm³/mol. The Morgan fingerprint density at radius 3 is 2.54 bits per heavy atom. The van der Waals surface area contributed by atoms with Crippen molar-refractivity contribution in [2.75, 3.05) is 20.8 Å². The fourth-order valence-corrected chi connectivity index (χ4v) is 6.11. The second-order valence-electron chi connectivity index (χ2n) is 9.10. The summed E-state index contributed by atoms with van der Waals surface area (Å²) in [6, 6.07) is 25.0. The number of esters is 1. The molecule has 4 aromatic carbocycles. The molecule has 0 N–H and O–H groups in total. The number of methoxy groups -OCH3 is 1. The molecule has 0 aromatic heterocycles. The van der Waals surface area contributed by atoms with Crippen molar-refractivity contribution in [1.82, 2.24) is 4.90 Å². The number of ether oxygens (including phenoxy) is 3. The molecule has 1 heterocycles. The van der Waals surface area contributed by atoms with Crippen LogP contribution in [0.2, 0.25) is 0 Å². The molecule has 0 unspecified atom stereocenters. The lowest BCUT2D eigenvalue weighted by Gasteiger charge is -2.16. The van der Waals surface area contributed by atoms with Crippen molar-refractivity contribution in [3.8, 4) is 11.5 Å². The Balaban J connectivity index is 1.38. The number of benzene rings is 4. The summed E-state index contributed by atoms with van der Waals surface area (Å²) in [4.78, 5) is 31.4. The summed E-state index contributed by atoms with van der Waals surface area (Å²) in [6.07, 6.45) is 1.84. The minimum Gasteiger partial charge on any atom is -0.490 e. The minimum absolute atomic E-state index is 0.149. The molecular weight excluding hydrogens is 651 g/mol. The number of fused-ring (bicyclic) bond motifs is 1. The van der Waals surface area contributed by atoms with Gasteiger partial charge in [0.05, 0.1) is 33.4 Å². The molecule has 4 aromatic rings. The number of amides is 1.